The molecule has 0 aliphatic carbocycles. The van der Waals surface area contributed by atoms with Crippen molar-refractivity contribution in [3.63, 3.8) is 0 Å². The second-order valence-corrected chi connectivity index (χ2v) is 7.83. The molecule has 2 N–H and O–H groups in total. The van der Waals surface area contributed by atoms with Crippen LogP contribution in [0.1, 0.15) is 25.7 Å². The van der Waals surface area contributed by atoms with Crippen LogP contribution in [0, 0.1) is 5.92 Å². The number of hydrogen-bond donors (Lipinski definition) is 2. The van der Waals surface area contributed by atoms with Gasteiger partial charge in [0.25, 0.3) is 0 Å². The molecule has 0 radical (unpaired) electrons. The van der Waals surface area contributed by atoms with E-state index in [2.05, 4.69) is 20.5 Å². The number of benzene rings is 1. The van der Waals surface area contributed by atoms with Gasteiger partial charge in [-0.05, 0) is 43.7 Å². The van der Waals surface area contributed by atoms with E-state index < -0.39 is 0 Å². The Morgan fingerprint density at radius 1 is 1.24 bits per heavy atom. The third-order valence-electron chi connectivity index (χ3n) is 5.62. The second-order valence-electron chi connectivity index (χ2n) is 7.83. The van der Waals surface area contributed by atoms with Crippen molar-refractivity contribution in [1.82, 2.24) is 15.5 Å². The van der Waals surface area contributed by atoms with Crippen molar-refractivity contribution >= 4 is 5.96 Å². The normalized spacial score (nSPS) is 21.2. The van der Waals surface area contributed by atoms with Crippen LogP contribution in [0.15, 0.2) is 29.3 Å². The van der Waals surface area contributed by atoms with Crippen molar-refractivity contribution in [1.29, 1.82) is 0 Å². The zero-order valence-electron chi connectivity index (χ0n) is 17.9. The number of nitrogens with zero attached hydrogens (tertiary/aromatic N) is 2. The number of ether oxygens (including phenoxy) is 3. The zero-order valence-corrected chi connectivity index (χ0v) is 17.9. The number of methoxy groups -OCH3 is 1. The molecule has 1 unspecified atom stereocenters. The van der Waals surface area contributed by atoms with Crippen molar-refractivity contribution in [2.45, 2.75) is 31.7 Å². The fourth-order valence-corrected chi connectivity index (χ4v) is 3.90. The maximum absolute atomic E-state index is 5.79. The van der Waals surface area contributed by atoms with Crippen LogP contribution in [-0.2, 0) is 4.74 Å². The highest BCUT2D eigenvalue weighted by Gasteiger charge is 2.24. The monoisotopic (exact) mass is 404 g/mol. The van der Waals surface area contributed by atoms with Crippen LogP contribution in [0.4, 0.5) is 0 Å². The molecule has 3 rings (SSSR count). The molecule has 0 aromatic heterocycles. The van der Waals surface area contributed by atoms with Gasteiger partial charge in [-0.3, -0.25) is 4.99 Å². The van der Waals surface area contributed by atoms with E-state index >= 15 is 0 Å². The van der Waals surface area contributed by atoms with Gasteiger partial charge >= 0.3 is 0 Å². The minimum absolute atomic E-state index is 0.491. The first-order chi connectivity index (χ1) is 14.3. The predicted octanol–water partition coefficient (Wildman–Crippen LogP) is 2.13. The van der Waals surface area contributed by atoms with Gasteiger partial charge in [0.2, 0.25) is 0 Å². The summed E-state index contributed by atoms with van der Waals surface area (Å²) in [4.78, 5) is 6.96. The van der Waals surface area contributed by atoms with E-state index in [1.165, 1.54) is 13.0 Å². The molecule has 2 aliphatic rings. The van der Waals surface area contributed by atoms with Crippen LogP contribution in [-0.4, -0.2) is 77.1 Å². The summed E-state index contributed by atoms with van der Waals surface area (Å²) >= 11 is 0. The Hall–Kier alpha value is -1.99. The Kier molecular flexibility index (Phi) is 8.89. The number of hydrogen-bond acceptors (Lipinski definition) is 5. The van der Waals surface area contributed by atoms with E-state index in [0.29, 0.717) is 12.6 Å². The van der Waals surface area contributed by atoms with Crippen LogP contribution in [0.3, 0.4) is 0 Å². The topological polar surface area (TPSA) is 67.4 Å². The van der Waals surface area contributed by atoms with Gasteiger partial charge in [-0.1, -0.05) is 6.07 Å². The number of rotatable bonds is 9. The van der Waals surface area contributed by atoms with E-state index in [1.54, 1.807) is 7.11 Å². The summed E-state index contributed by atoms with van der Waals surface area (Å²) < 4.78 is 16.5. The third-order valence-corrected chi connectivity index (χ3v) is 5.62. The second kappa shape index (κ2) is 11.9. The Bertz CT molecular complexity index is 626. The number of nitrogens with one attached hydrogen (secondary N) is 2. The molecule has 0 amide bonds. The SMILES string of the molecule is CN=C(NCCCOc1cccc(OC)c1)NC1CCN(CC2CCOC2)CC1. The highest BCUT2D eigenvalue weighted by molar-refractivity contribution is 5.79. The first kappa shape index (κ1) is 21.7. The van der Waals surface area contributed by atoms with Gasteiger partial charge in [-0.15, -0.1) is 0 Å². The quantitative estimate of drug-likeness (QED) is 0.373. The van der Waals surface area contributed by atoms with Crippen molar-refractivity contribution in [2.24, 2.45) is 10.9 Å². The summed E-state index contributed by atoms with van der Waals surface area (Å²) in [6.45, 7) is 6.85. The molecule has 7 heteroatoms. The Morgan fingerprint density at radius 2 is 2.07 bits per heavy atom. The summed E-state index contributed by atoms with van der Waals surface area (Å²) in [6, 6.07) is 8.19. The van der Waals surface area contributed by atoms with E-state index in [1.807, 2.05) is 31.3 Å². The fraction of sp³-hybridized carbons (Fsp3) is 0.682. The lowest BCUT2D eigenvalue weighted by atomic mass is 10.0. The van der Waals surface area contributed by atoms with Gasteiger partial charge in [0.05, 0.1) is 20.3 Å². The molecule has 29 heavy (non-hydrogen) atoms. The summed E-state index contributed by atoms with van der Waals surface area (Å²) in [5.74, 6) is 3.26. The number of piperidine rings is 1. The van der Waals surface area contributed by atoms with Gasteiger partial charge in [0, 0.05) is 51.9 Å². The highest BCUT2D eigenvalue weighted by atomic mass is 16.5. The molecule has 2 heterocycles. The lowest BCUT2D eigenvalue weighted by Crippen LogP contribution is -2.49. The van der Waals surface area contributed by atoms with Gasteiger partial charge in [-0.25, -0.2) is 0 Å². The van der Waals surface area contributed by atoms with Gasteiger partial charge in [0.1, 0.15) is 11.5 Å². The predicted molar refractivity (Wildman–Crippen MR) is 116 cm³/mol. The molecule has 1 aromatic rings. The Labute approximate surface area is 174 Å². The summed E-state index contributed by atoms with van der Waals surface area (Å²) in [5.41, 5.74) is 0. The number of likely N-dealkylation sites (tertiary alicyclic amines) is 1. The van der Waals surface area contributed by atoms with Crippen LogP contribution < -0.4 is 20.1 Å². The third kappa shape index (κ3) is 7.40. The highest BCUT2D eigenvalue weighted by Crippen LogP contribution is 2.19. The molecule has 1 atom stereocenters. The van der Waals surface area contributed by atoms with Crippen LogP contribution in [0.2, 0.25) is 0 Å². The van der Waals surface area contributed by atoms with E-state index in [-0.39, 0.29) is 0 Å². The maximum Gasteiger partial charge on any atom is 0.191 e. The average Bonchev–Trinajstić information content (AvgIpc) is 3.27. The number of guanidine groups is 1. The molecule has 2 saturated heterocycles. The fourth-order valence-electron chi connectivity index (χ4n) is 3.90. The maximum atomic E-state index is 5.79. The van der Waals surface area contributed by atoms with E-state index in [9.17, 15) is 0 Å². The molecule has 7 nitrogen and oxygen atoms in total. The van der Waals surface area contributed by atoms with Crippen molar-refractivity contribution in [3.8, 4) is 11.5 Å². The van der Waals surface area contributed by atoms with E-state index in [4.69, 9.17) is 14.2 Å². The van der Waals surface area contributed by atoms with Crippen molar-refractivity contribution in [3.05, 3.63) is 24.3 Å². The average molecular weight is 405 g/mol. The van der Waals surface area contributed by atoms with E-state index in [0.717, 1.165) is 75.5 Å². The van der Waals surface area contributed by atoms with Gasteiger partial charge < -0.3 is 29.7 Å². The molecular formula is C22H36N4O3. The van der Waals surface area contributed by atoms with Crippen LogP contribution in [0.5, 0.6) is 11.5 Å². The molecule has 0 spiro atoms. The summed E-state index contributed by atoms with van der Waals surface area (Å²) in [7, 11) is 3.49. The first-order valence-corrected chi connectivity index (χ1v) is 10.8. The number of aliphatic imine (C=N–C) groups is 1. The molecule has 162 valence electrons. The molecule has 0 bridgehead atoms. The largest absolute Gasteiger partial charge is 0.497 e. The molecular weight excluding hydrogens is 368 g/mol. The zero-order chi connectivity index (χ0) is 20.3. The minimum Gasteiger partial charge on any atom is -0.497 e. The molecule has 0 saturated carbocycles. The standard InChI is InChI=1S/C22H36N4O3/c1-23-22(24-10-4-13-29-21-6-3-5-20(15-21)27-2)25-19-7-11-26(12-8-19)16-18-9-14-28-17-18/h3,5-6,15,18-19H,4,7-14,16-17H2,1-2H3,(H2,23,24,25). The smallest absolute Gasteiger partial charge is 0.191 e. The van der Waals surface area contributed by atoms with Crippen molar-refractivity contribution < 1.29 is 14.2 Å². The van der Waals surface area contributed by atoms with Crippen molar-refractivity contribution in [2.75, 3.05) is 60.2 Å². The molecule has 2 fully saturated rings. The van der Waals surface area contributed by atoms with Crippen LogP contribution >= 0.6 is 0 Å². The summed E-state index contributed by atoms with van der Waals surface area (Å²) in [5, 5.41) is 6.97. The van der Waals surface area contributed by atoms with Gasteiger partial charge in [0.15, 0.2) is 5.96 Å². The Balaban J connectivity index is 1.27. The molecule has 1 aromatic carbocycles. The summed E-state index contributed by atoms with van der Waals surface area (Å²) in [6.07, 6.45) is 4.44. The van der Waals surface area contributed by atoms with Crippen LogP contribution in [0.25, 0.3) is 0 Å². The lowest BCUT2D eigenvalue weighted by Gasteiger charge is -2.34. The first-order valence-electron chi connectivity index (χ1n) is 10.8. The van der Waals surface area contributed by atoms with Gasteiger partial charge in [-0.2, -0.15) is 0 Å². The Morgan fingerprint density at radius 3 is 2.79 bits per heavy atom. The minimum atomic E-state index is 0.491. The molecule has 2 aliphatic heterocycles. The lowest BCUT2D eigenvalue weighted by molar-refractivity contribution is 0.150.